The van der Waals surface area contributed by atoms with E-state index in [1.54, 1.807) is 19.5 Å². The molecule has 108 valence electrons. The van der Waals surface area contributed by atoms with Gasteiger partial charge >= 0.3 is 0 Å². The van der Waals surface area contributed by atoms with Gasteiger partial charge in [0.15, 0.2) is 0 Å². The Morgan fingerprint density at radius 1 is 1.29 bits per heavy atom. The minimum absolute atomic E-state index is 0.676. The number of methoxy groups -OCH3 is 1. The SMILES string of the molecule is CCCn1c(-c2ccc(N)cc2OC)nc2cnccc21. The fraction of sp³-hybridized carbons (Fsp3) is 0.250. The van der Waals surface area contributed by atoms with Gasteiger partial charge in [-0.3, -0.25) is 4.98 Å². The number of rotatable bonds is 4. The fourth-order valence-corrected chi connectivity index (χ4v) is 2.53. The molecule has 3 rings (SSSR count). The lowest BCUT2D eigenvalue weighted by Crippen LogP contribution is -2.01. The van der Waals surface area contributed by atoms with Crippen LogP contribution < -0.4 is 10.5 Å². The van der Waals surface area contributed by atoms with Gasteiger partial charge in [-0.05, 0) is 24.6 Å². The summed E-state index contributed by atoms with van der Waals surface area (Å²) in [6.07, 6.45) is 4.60. The van der Waals surface area contributed by atoms with Crippen molar-refractivity contribution in [1.82, 2.24) is 14.5 Å². The largest absolute Gasteiger partial charge is 0.496 e. The molecule has 0 unspecified atom stereocenters. The van der Waals surface area contributed by atoms with Crippen molar-refractivity contribution in [3.05, 3.63) is 36.7 Å². The molecule has 0 amide bonds. The van der Waals surface area contributed by atoms with Crippen molar-refractivity contribution in [3.8, 4) is 17.1 Å². The second-order valence-electron chi connectivity index (χ2n) is 4.91. The second-order valence-corrected chi connectivity index (χ2v) is 4.91. The zero-order chi connectivity index (χ0) is 14.8. The lowest BCUT2D eigenvalue weighted by Gasteiger charge is -2.11. The van der Waals surface area contributed by atoms with Gasteiger partial charge in [-0.2, -0.15) is 0 Å². The average Bonchev–Trinajstić information content (AvgIpc) is 2.86. The van der Waals surface area contributed by atoms with E-state index in [-0.39, 0.29) is 0 Å². The molecule has 0 aliphatic rings. The van der Waals surface area contributed by atoms with Crippen molar-refractivity contribution in [2.75, 3.05) is 12.8 Å². The van der Waals surface area contributed by atoms with Gasteiger partial charge in [-0.1, -0.05) is 6.92 Å². The summed E-state index contributed by atoms with van der Waals surface area (Å²) < 4.78 is 7.66. The van der Waals surface area contributed by atoms with Gasteiger partial charge in [0, 0.05) is 24.5 Å². The van der Waals surface area contributed by atoms with E-state index in [0.717, 1.165) is 41.1 Å². The zero-order valence-electron chi connectivity index (χ0n) is 12.2. The van der Waals surface area contributed by atoms with Gasteiger partial charge in [0.2, 0.25) is 0 Å². The number of fused-ring (bicyclic) bond motifs is 1. The average molecular weight is 282 g/mol. The molecule has 5 nitrogen and oxygen atoms in total. The first kappa shape index (κ1) is 13.4. The van der Waals surface area contributed by atoms with E-state index in [1.807, 2.05) is 24.3 Å². The number of nitrogens with two attached hydrogens (primary N) is 1. The first-order valence-corrected chi connectivity index (χ1v) is 6.98. The smallest absolute Gasteiger partial charge is 0.144 e. The number of aryl methyl sites for hydroxylation is 1. The predicted molar refractivity (Wildman–Crippen MR) is 84.2 cm³/mol. The van der Waals surface area contributed by atoms with Crippen molar-refractivity contribution in [1.29, 1.82) is 0 Å². The maximum Gasteiger partial charge on any atom is 0.144 e. The van der Waals surface area contributed by atoms with Crippen molar-refractivity contribution < 1.29 is 4.74 Å². The fourth-order valence-electron chi connectivity index (χ4n) is 2.53. The molecule has 5 heteroatoms. The summed E-state index contributed by atoms with van der Waals surface area (Å²) in [5.41, 5.74) is 9.43. The highest BCUT2D eigenvalue weighted by Crippen LogP contribution is 2.33. The molecule has 0 fully saturated rings. The third kappa shape index (κ3) is 2.31. The number of pyridine rings is 1. The number of nitrogens with zero attached hydrogens (tertiary/aromatic N) is 3. The molecule has 0 radical (unpaired) electrons. The number of hydrogen-bond donors (Lipinski definition) is 1. The highest BCUT2D eigenvalue weighted by Gasteiger charge is 2.15. The van der Waals surface area contributed by atoms with Crippen molar-refractivity contribution in [2.24, 2.45) is 0 Å². The van der Waals surface area contributed by atoms with Crippen molar-refractivity contribution in [2.45, 2.75) is 19.9 Å². The first-order chi connectivity index (χ1) is 10.2. The van der Waals surface area contributed by atoms with Gasteiger partial charge in [0.25, 0.3) is 0 Å². The standard InChI is InChI=1S/C16H18N4O/c1-3-8-20-14-6-7-18-10-13(14)19-16(20)12-5-4-11(17)9-15(12)21-2/h4-7,9-10H,3,8,17H2,1-2H3. The number of aromatic nitrogens is 3. The maximum absolute atomic E-state index is 5.84. The second kappa shape index (κ2) is 5.44. The topological polar surface area (TPSA) is 66.0 Å². The third-order valence-electron chi connectivity index (χ3n) is 3.46. The Morgan fingerprint density at radius 3 is 2.90 bits per heavy atom. The lowest BCUT2D eigenvalue weighted by molar-refractivity contribution is 0.416. The van der Waals surface area contributed by atoms with Crippen LogP contribution in [-0.4, -0.2) is 21.6 Å². The monoisotopic (exact) mass is 282 g/mol. The molecule has 0 atom stereocenters. The van der Waals surface area contributed by atoms with E-state index in [2.05, 4.69) is 16.5 Å². The predicted octanol–water partition coefficient (Wildman–Crippen LogP) is 3.10. The van der Waals surface area contributed by atoms with Gasteiger partial charge < -0.3 is 15.0 Å². The van der Waals surface area contributed by atoms with Gasteiger partial charge in [-0.15, -0.1) is 0 Å². The van der Waals surface area contributed by atoms with Crippen LogP contribution in [0.15, 0.2) is 36.7 Å². The van der Waals surface area contributed by atoms with Crippen molar-refractivity contribution in [3.63, 3.8) is 0 Å². The molecule has 0 bridgehead atoms. The molecular weight excluding hydrogens is 264 g/mol. The summed E-state index contributed by atoms with van der Waals surface area (Å²) >= 11 is 0. The molecule has 2 aromatic heterocycles. The highest BCUT2D eigenvalue weighted by molar-refractivity contribution is 5.81. The van der Waals surface area contributed by atoms with Gasteiger partial charge in [-0.25, -0.2) is 4.98 Å². The van der Waals surface area contributed by atoms with Crippen LogP contribution >= 0.6 is 0 Å². The van der Waals surface area contributed by atoms with Crippen LogP contribution in [-0.2, 0) is 6.54 Å². The van der Waals surface area contributed by atoms with E-state index < -0.39 is 0 Å². The van der Waals surface area contributed by atoms with Crippen LogP contribution in [0.1, 0.15) is 13.3 Å². The Kier molecular flexibility index (Phi) is 3.48. The summed E-state index contributed by atoms with van der Waals surface area (Å²) in [7, 11) is 1.65. The molecule has 2 N–H and O–H groups in total. The summed E-state index contributed by atoms with van der Waals surface area (Å²) in [4.78, 5) is 8.87. The maximum atomic E-state index is 5.84. The minimum Gasteiger partial charge on any atom is -0.496 e. The summed E-state index contributed by atoms with van der Waals surface area (Å²) in [5.74, 6) is 1.62. The number of anilines is 1. The van der Waals surface area contributed by atoms with Crippen LogP contribution in [0.3, 0.4) is 0 Å². The Balaban J connectivity index is 2.26. The Morgan fingerprint density at radius 2 is 2.14 bits per heavy atom. The summed E-state index contributed by atoms with van der Waals surface area (Å²) in [5, 5.41) is 0. The number of benzene rings is 1. The normalized spacial score (nSPS) is 11.0. The van der Waals surface area contributed by atoms with E-state index in [9.17, 15) is 0 Å². The summed E-state index contributed by atoms with van der Waals surface area (Å²) in [6, 6.07) is 7.63. The van der Waals surface area contributed by atoms with E-state index in [0.29, 0.717) is 5.69 Å². The molecular formula is C16H18N4O. The molecule has 0 saturated heterocycles. The molecule has 0 aliphatic heterocycles. The Labute approximate surface area is 123 Å². The van der Waals surface area contributed by atoms with Crippen LogP contribution in [0.25, 0.3) is 22.4 Å². The molecule has 3 aromatic rings. The van der Waals surface area contributed by atoms with Crippen molar-refractivity contribution >= 4 is 16.7 Å². The molecule has 0 saturated carbocycles. The van der Waals surface area contributed by atoms with Gasteiger partial charge in [0.05, 0.1) is 24.4 Å². The minimum atomic E-state index is 0.676. The number of nitrogen functional groups attached to an aromatic ring is 1. The number of hydrogen-bond acceptors (Lipinski definition) is 4. The lowest BCUT2D eigenvalue weighted by atomic mass is 10.1. The molecule has 0 spiro atoms. The van der Waals surface area contributed by atoms with E-state index in [1.165, 1.54) is 0 Å². The van der Waals surface area contributed by atoms with Gasteiger partial charge in [0.1, 0.15) is 17.1 Å². The van der Waals surface area contributed by atoms with Crippen LogP contribution in [0.2, 0.25) is 0 Å². The number of ether oxygens (including phenoxy) is 1. The zero-order valence-corrected chi connectivity index (χ0v) is 12.2. The molecule has 21 heavy (non-hydrogen) atoms. The summed E-state index contributed by atoms with van der Waals surface area (Å²) in [6.45, 7) is 3.04. The Hall–Kier alpha value is -2.56. The Bertz CT molecular complexity index is 779. The van der Waals surface area contributed by atoms with E-state index >= 15 is 0 Å². The van der Waals surface area contributed by atoms with Crippen LogP contribution in [0.4, 0.5) is 5.69 Å². The first-order valence-electron chi connectivity index (χ1n) is 6.98. The molecule has 0 aliphatic carbocycles. The highest BCUT2D eigenvalue weighted by atomic mass is 16.5. The van der Waals surface area contributed by atoms with E-state index in [4.69, 9.17) is 15.5 Å². The third-order valence-corrected chi connectivity index (χ3v) is 3.46. The number of imidazole rings is 1. The quantitative estimate of drug-likeness (QED) is 0.747. The van der Waals surface area contributed by atoms with Crippen LogP contribution in [0.5, 0.6) is 5.75 Å². The molecule has 2 heterocycles. The molecule has 1 aromatic carbocycles. The van der Waals surface area contributed by atoms with Crippen LogP contribution in [0, 0.1) is 0 Å².